The van der Waals surface area contributed by atoms with Crippen LogP contribution in [-0.2, 0) is 32.4 Å². The Balaban J connectivity index is 2.12. The quantitative estimate of drug-likeness (QED) is 0.622. The van der Waals surface area contributed by atoms with Crippen molar-refractivity contribution in [1.29, 1.82) is 0 Å². The van der Waals surface area contributed by atoms with Gasteiger partial charge < -0.3 is 14.0 Å². The molecule has 0 radical (unpaired) electrons. The van der Waals surface area contributed by atoms with Crippen molar-refractivity contribution in [1.82, 2.24) is 14.5 Å². The van der Waals surface area contributed by atoms with Gasteiger partial charge in [-0.3, -0.25) is 4.90 Å². The monoisotopic (exact) mass is 373 g/mol. The maximum atomic E-state index is 12.3. The van der Waals surface area contributed by atoms with Gasteiger partial charge in [0.25, 0.3) is 0 Å². The van der Waals surface area contributed by atoms with Gasteiger partial charge in [-0.2, -0.15) is 0 Å². The van der Waals surface area contributed by atoms with E-state index in [4.69, 9.17) is 9.47 Å². The Morgan fingerprint density at radius 2 is 2.12 bits per heavy atom. The summed E-state index contributed by atoms with van der Waals surface area (Å²) in [4.78, 5) is 6.53. The lowest BCUT2D eigenvalue weighted by atomic mass is 10.1. The Labute approximate surface area is 151 Å². The molecule has 2 rings (SSSR count). The van der Waals surface area contributed by atoms with Gasteiger partial charge >= 0.3 is 0 Å². The number of piperidine rings is 1. The van der Waals surface area contributed by atoms with Gasteiger partial charge in [0.1, 0.15) is 0 Å². The van der Waals surface area contributed by atoms with Crippen molar-refractivity contribution in [3.63, 3.8) is 0 Å². The molecule has 0 saturated carbocycles. The number of likely N-dealkylation sites (tertiary alicyclic amines) is 1. The van der Waals surface area contributed by atoms with Gasteiger partial charge in [0.05, 0.1) is 30.4 Å². The lowest BCUT2D eigenvalue weighted by molar-refractivity contribution is -0.00289. The van der Waals surface area contributed by atoms with E-state index in [9.17, 15) is 8.42 Å². The first-order valence-corrected chi connectivity index (χ1v) is 10.8. The van der Waals surface area contributed by atoms with Crippen molar-refractivity contribution in [3.05, 3.63) is 11.9 Å². The van der Waals surface area contributed by atoms with E-state index in [0.29, 0.717) is 19.7 Å². The van der Waals surface area contributed by atoms with Crippen molar-refractivity contribution in [2.24, 2.45) is 0 Å². The van der Waals surface area contributed by atoms with Gasteiger partial charge in [0.2, 0.25) is 15.0 Å². The predicted octanol–water partition coefficient (Wildman–Crippen LogP) is 1.71. The summed E-state index contributed by atoms with van der Waals surface area (Å²) in [5, 5.41) is 0.151. The molecule has 1 unspecified atom stereocenters. The summed E-state index contributed by atoms with van der Waals surface area (Å²) in [7, 11) is -1.73. The number of rotatable bonds is 10. The minimum Gasteiger partial charge on any atom is -0.383 e. The third kappa shape index (κ3) is 5.51. The molecule has 144 valence electrons. The molecular weight excluding hydrogens is 342 g/mol. The topological polar surface area (TPSA) is 73.7 Å². The van der Waals surface area contributed by atoms with E-state index in [-0.39, 0.29) is 17.0 Å². The summed E-state index contributed by atoms with van der Waals surface area (Å²) in [5.41, 5.74) is 0.917. The molecule has 8 heteroatoms. The SMILES string of the molecule is CCCOC1CCCN(Cc2cnc(S(=O)(=O)CC)n2CCOC)C1. The molecule has 0 amide bonds. The predicted molar refractivity (Wildman–Crippen MR) is 96.4 cm³/mol. The minimum atomic E-state index is -3.35. The van der Waals surface area contributed by atoms with Crippen molar-refractivity contribution < 1.29 is 17.9 Å². The highest BCUT2D eigenvalue weighted by Crippen LogP contribution is 2.19. The average molecular weight is 374 g/mol. The number of hydrogen-bond donors (Lipinski definition) is 0. The fraction of sp³-hybridized carbons (Fsp3) is 0.824. The minimum absolute atomic E-state index is 0.0487. The number of ether oxygens (including phenoxy) is 2. The van der Waals surface area contributed by atoms with E-state index in [2.05, 4.69) is 16.8 Å². The molecule has 1 fully saturated rings. The van der Waals surface area contributed by atoms with Crippen LogP contribution in [-0.4, -0.2) is 68.1 Å². The number of nitrogens with zero attached hydrogens (tertiary/aromatic N) is 3. The third-order valence-corrected chi connectivity index (χ3v) is 6.13. The summed E-state index contributed by atoms with van der Waals surface area (Å²) in [5.74, 6) is 0.0487. The molecule has 1 atom stereocenters. The molecule has 1 aliphatic heterocycles. The number of sulfone groups is 1. The van der Waals surface area contributed by atoms with E-state index in [1.165, 1.54) is 0 Å². The molecule has 1 aromatic heterocycles. The van der Waals surface area contributed by atoms with Crippen LogP contribution < -0.4 is 0 Å². The normalized spacial score (nSPS) is 19.4. The fourth-order valence-electron chi connectivity index (χ4n) is 3.12. The van der Waals surface area contributed by atoms with Crippen molar-refractivity contribution in [2.75, 3.05) is 39.2 Å². The molecule has 0 aromatic carbocycles. The molecule has 0 N–H and O–H groups in total. The van der Waals surface area contributed by atoms with Crippen molar-refractivity contribution in [2.45, 2.75) is 57.5 Å². The van der Waals surface area contributed by atoms with Crippen LogP contribution in [0, 0.1) is 0 Å². The van der Waals surface area contributed by atoms with E-state index in [1.807, 2.05) is 0 Å². The summed E-state index contributed by atoms with van der Waals surface area (Å²) in [6.07, 6.45) is 5.17. The summed E-state index contributed by atoms with van der Waals surface area (Å²) in [6.45, 7) is 8.06. The van der Waals surface area contributed by atoms with Crippen LogP contribution in [0.2, 0.25) is 0 Å². The highest BCUT2D eigenvalue weighted by atomic mass is 32.2. The fourth-order valence-corrected chi connectivity index (χ4v) is 4.14. The molecule has 1 aromatic rings. The molecule has 25 heavy (non-hydrogen) atoms. The Hall–Kier alpha value is -0.960. The molecule has 0 aliphatic carbocycles. The molecular formula is C17H31N3O4S. The van der Waals surface area contributed by atoms with Crippen molar-refractivity contribution in [3.8, 4) is 0 Å². The number of aromatic nitrogens is 2. The van der Waals surface area contributed by atoms with E-state index in [0.717, 1.165) is 44.7 Å². The first kappa shape index (κ1) is 20.4. The first-order chi connectivity index (χ1) is 12.0. The number of methoxy groups -OCH3 is 1. The van der Waals surface area contributed by atoms with Crippen LogP contribution in [0.15, 0.2) is 11.4 Å². The smallest absolute Gasteiger partial charge is 0.227 e. The van der Waals surface area contributed by atoms with Gasteiger partial charge in [-0.25, -0.2) is 13.4 Å². The van der Waals surface area contributed by atoms with Gasteiger partial charge in [-0.15, -0.1) is 0 Å². The Morgan fingerprint density at radius 1 is 1.32 bits per heavy atom. The van der Waals surface area contributed by atoms with Gasteiger partial charge in [-0.1, -0.05) is 13.8 Å². The highest BCUT2D eigenvalue weighted by molar-refractivity contribution is 7.91. The standard InChI is InChI=1S/C17H31N3O4S/c1-4-10-24-16-7-6-8-19(14-16)13-15-12-18-17(25(21,22)5-2)20(15)9-11-23-3/h12,16H,4-11,13-14H2,1-3H3. The Kier molecular flexibility index (Phi) is 7.86. The summed E-state index contributed by atoms with van der Waals surface area (Å²) < 4.78 is 37.4. The second-order valence-electron chi connectivity index (χ2n) is 6.45. The maximum absolute atomic E-state index is 12.3. The number of hydrogen-bond acceptors (Lipinski definition) is 6. The Bertz CT molecular complexity index is 630. The highest BCUT2D eigenvalue weighted by Gasteiger charge is 2.25. The Morgan fingerprint density at radius 3 is 2.80 bits per heavy atom. The molecule has 0 bridgehead atoms. The lowest BCUT2D eigenvalue weighted by Gasteiger charge is -2.32. The van der Waals surface area contributed by atoms with E-state index in [1.54, 1.807) is 24.8 Å². The van der Waals surface area contributed by atoms with Crippen LogP contribution in [0.5, 0.6) is 0 Å². The number of imidazole rings is 1. The third-order valence-electron chi connectivity index (χ3n) is 4.48. The molecule has 1 saturated heterocycles. The van der Waals surface area contributed by atoms with Crippen LogP contribution in [0.4, 0.5) is 0 Å². The van der Waals surface area contributed by atoms with Gasteiger partial charge in [0.15, 0.2) is 0 Å². The second kappa shape index (κ2) is 9.66. The van der Waals surface area contributed by atoms with Crippen LogP contribution in [0.3, 0.4) is 0 Å². The molecule has 2 heterocycles. The largest absolute Gasteiger partial charge is 0.383 e. The van der Waals surface area contributed by atoms with Gasteiger partial charge in [0, 0.05) is 33.4 Å². The second-order valence-corrected chi connectivity index (χ2v) is 8.62. The van der Waals surface area contributed by atoms with Crippen LogP contribution in [0.25, 0.3) is 0 Å². The van der Waals surface area contributed by atoms with Crippen LogP contribution >= 0.6 is 0 Å². The van der Waals surface area contributed by atoms with E-state index >= 15 is 0 Å². The molecule has 7 nitrogen and oxygen atoms in total. The zero-order valence-electron chi connectivity index (χ0n) is 15.6. The molecule has 0 spiro atoms. The van der Waals surface area contributed by atoms with Crippen molar-refractivity contribution >= 4 is 9.84 Å². The first-order valence-electron chi connectivity index (χ1n) is 9.11. The van der Waals surface area contributed by atoms with Gasteiger partial charge in [-0.05, 0) is 25.8 Å². The molecule has 1 aliphatic rings. The zero-order valence-corrected chi connectivity index (χ0v) is 16.4. The van der Waals surface area contributed by atoms with E-state index < -0.39 is 9.84 Å². The maximum Gasteiger partial charge on any atom is 0.227 e. The zero-order chi connectivity index (χ0) is 18.3. The van der Waals surface area contributed by atoms with Crippen LogP contribution in [0.1, 0.15) is 38.8 Å². The summed E-state index contributed by atoms with van der Waals surface area (Å²) in [6, 6.07) is 0. The lowest BCUT2D eigenvalue weighted by Crippen LogP contribution is -2.39. The average Bonchev–Trinajstić information content (AvgIpc) is 3.01. The summed E-state index contributed by atoms with van der Waals surface area (Å²) >= 11 is 0.